The SMILES string of the molecule is CCCOCC(O)CO[C@@H]1C=CC=CC1. The van der Waals surface area contributed by atoms with Gasteiger partial charge in [0.2, 0.25) is 0 Å². The Balaban J connectivity index is 2.03. The predicted molar refractivity (Wildman–Crippen MR) is 59.8 cm³/mol. The molecule has 0 radical (unpaired) electrons. The molecule has 2 atom stereocenters. The summed E-state index contributed by atoms with van der Waals surface area (Å²) in [5, 5.41) is 9.51. The Morgan fingerprint density at radius 3 is 2.93 bits per heavy atom. The number of rotatable bonds is 7. The summed E-state index contributed by atoms with van der Waals surface area (Å²) in [6.45, 7) is 3.44. The van der Waals surface area contributed by atoms with Crippen molar-refractivity contribution in [3.8, 4) is 0 Å². The van der Waals surface area contributed by atoms with Crippen LogP contribution in [0.1, 0.15) is 19.8 Å². The number of aliphatic hydroxyl groups is 1. The molecule has 3 heteroatoms. The van der Waals surface area contributed by atoms with Crippen molar-refractivity contribution < 1.29 is 14.6 Å². The summed E-state index contributed by atoms with van der Waals surface area (Å²) in [4.78, 5) is 0. The van der Waals surface area contributed by atoms with E-state index in [2.05, 4.69) is 6.08 Å². The molecule has 1 aliphatic rings. The van der Waals surface area contributed by atoms with Crippen LogP contribution >= 0.6 is 0 Å². The zero-order valence-corrected chi connectivity index (χ0v) is 9.26. The van der Waals surface area contributed by atoms with Crippen molar-refractivity contribution in [1.29, 1.82) is 0 Å². The molecule has 0 saturated heterocycles. The first kappa shape index (κ1) is 12.4. The maximum Gasteiger partial charge on any atom is 0.101 e. The summed E-state index contributed by atoms with van der Waals surface area (Å²) in [6, 6.07) is 0. The Kier molecular flexibility index (Phi) is 6.32. The highest BCUT2D eigenvalue weighted by molar-refractivity contribution is 5.11. The van der Waals surface area contributed by atoms with Gasteiger partial charge in [0.15, 0.2) is 0 Å². The standard InChI is InChI=1S/C12H20O3/c1-2-8-14-9-11(13)10-15-12-6-4-3-5-7-12/h3-6,11-13H,2,7-10H2,1H3/t11?,12-/m1/s1. The lowest BCUT2D eigenvalue weighted by Crippen LogP contribution is -2.25. The van der Waals surface area contributed by atoms with E-state index in [1.807, 2.05) is 25.2 Å². The van der Waals surface area contributed by atoms with Crippen LogP contribution in [-0.2, 0) is 9.47 Å². The number of allylic oxidation sites excluding steroid dienone is 2. The van der Waals surface area contributed by atoms with Crippen LogP contribution < -0.4 is 0 Å². The maximum atomic E-state index is 9.51. The molecule has 86 valence electrons. The summed E-state index contributed by atoms with van der Waals surface area (Å²) in [7, 11) is 0. The van der Waals surface area contributed by atoms with E-state index in [0.717, 1.165) is 12.8 Å². The molecule has 0 heterocycles. The molecular weight excluding hydrogens is 192 g/mol. The van der Waals surface area contributed by atoms with Gasteiger partial charge in [0.25, 0.3) is 0 Å². The van der Waals surface area contributed by atoms with Crippen molar-refractivity contribution >= 4 is 0 Å². The van der Waals surface area contributed by atoms with Crippen LogP contribution in [0, 0.1) is 0 Å². The zero-order chi connectivity index (χ0) is 10.9. The minimum absolute atomic E-state index is 0.107. The molecule has 3 nitrogen and oxygen atoms in total. The van der Waals surface area contributed by atoms with Gasteiger partial charge in [0.1, 0.15) is 6.10 Å². The zero-order valence-electron chi connectivity index (χ0n) is 9.26. The molecule has 1 aliphatic carbocycles. The fourth-order valence-electron chi connectivity index (χ4n) is 1.33. The van der Waals surface area contributed by atoms with Gasteiger partial charge < -0.3 is 14.6 Å². The summed E-state index contributed by atoms with van der Waals surface area (Å²) >= 11 is 0. The van der Waals surface area contributed by atoms with E-state index in [0.29, 0.717) is 19.8 Å². The molecule has 0 saturated carbocycles. The number of aliphatic hydroxyl groups excluding tert-OH is 1. The van der Waals surface area contributed by atoms with E-state index in [1.165, 1.54) is 0 Å². The molecule has 0 aromatic carbocycles. The first-order valence-corrected chi connectivity index (χ1v) is 5.53. The van der Waals surface area contributed by atoms with E-state index in [9.17, 15) is 5.11 Å². The van der Waals surface area contributed by atoms with E-state index in [4.69, 9.17) is 9.47 Å². The molecular formula is C12H20O3. The third-order valence-electron chi connectivity index (χ3n) is 2.10. The van der Waals surface area contributed by atoms with Crippen molar-refractivity contribution in [1.82, 2.24) is 0 Å². The molecule has 0 aromatic heterocycles. The molecule has 1 N–H and O–H groups in total. The first-order chi connectivity index (χ1) is 7.33. The summed E-state index contributed by atoms with van der Waals surface area (Å²) in [6.07, 6.45) is 9.48. The maximum absolute atomic E-state index is 9.51. The largest absolute Gasteiger partial charge is 0.388 e. The lowest BCUT2D eigenvalue weighted by molar-refractivity contribution is -0.0325. The van der Waals surface area contributed by atoms with Gasteiger partial charge in [-0.2, -0.15) is 0 Å². The van der Waals surface area contributed by atoms with Crippen molar-refractivity contribution in [3.05, 3.63) is 24.3 Å². The van der Waals surface area contributed by atoms with Gasteiger partial charge in [-0.05, 0) is 12.8 Å². The topological polar surface area (TPSA) is 38.7 Å². The lowest BCUT2D eigenvalue weighted by Gasteiger charge is -2.17. The summed E-state index contributed by atoms with van der Waals surface area (Å²) < 4.78 is 10.7. The molecule has 1 rings (SSSR count). The van der Waals surface area contributed by atoms with Crippen LogP contribution in [0.4, 0.5) is 0 Å². The lowest BCUT2D eigenvalue weighted by atomic mass is 10.1. The average molecular weight is 212 g/mol. The van der Waals surface area contributed by atoms with Crippen LogP contribution in [-0.4, -0.2) is 37.1 Å². The number of ether oxygens (including phenoxy) is 2. The number of hydrogen-bond acceptors (Lipinski definition) is 3. The van der Waals surface area contributed by atoms with Crippen LogP contribution in [0.5, 0.6) is 0 Å². The number of hydrogen-bond donors (Lipinski definition) is 1. The molecule has 0 amide bonds. The van der Waals surface area contributed by atoms with Crippen molar-refractivity contribution in [2.45, 2.75) is 32.0 Å². The second kappa shape index (κ2) is 7.63. The van der Waals surface area contributed by atoms with E-state index in [-0.39, 0.29) is 6.10 Å². The summed E-state index contributed by atoms with van der Waals surface area (Å²) in [5.74, 6) is 0. The Hall–Kier alpha value is -0.640. The Bertz CT molecular complexity index is 211. The summed E-state index contributed by atoms with van der Waals surface area (Å²) in [5.41, 5.74) is 0. The third-order valence-corrected chi connectivity index (χ3v) is 2.10. The van der Waals surface area contributed by atoms with Crippen molar-refractivity contribution in [2.75, 3.05) is 19.8 Å². The molecule has 0 fully saturated rings. The van der Waals surface area contributed by atoms with E-state index < -0.39 is 6.10 Å². The monoisotopic (exact) mass is 212 g/mol. The first-order valence-electron chi connectivity index (χ1n) is 5.53. The van der Waals surface area contributed by atoms with E-state index >= 15 is 0 Å². The van der Waals surface area contributed by atoms with Gasteiger partial charge in [-0.3, -0.25) is 0 Å². The van der Waals surface area contributed by atoms with Crippen molar-refractivity contribution in [3.63, 3.8) is 0 Å². The van der Waals surface area contributed by atoms with Gasteiger partial charge in [0, 0.05) is 6.61 Å². The highest BCUT2D eigenvalue weighted by Crippen LogP contribution is 2.07. The molecule has 0 bridgehead atoms. The predicted octanol–water partition coefficient (Wildman–Crippen LogP) is 1.68. The molecule has 0 spiro atoms. The van der Waals surface area contributed by atoms with Crippen LogP contribution in [0.25, 0.3) is 0 Å². The Morgan fingerprint density at radius 2 is 2.27 bits per heavy atom. The highest BCUT2D eigenvalue weighted by Gasteiger charge is 2.09. The Labute approximate surface area is 91.4 Å². The van der Waals surface area contributed by atoms with Crippen LogP contribution in [0.15, 0.2) is 24.3 Å². The molecule has 15 heavy (non-hydrogen) atoms. The third kappa shape index (κ3) is 5.72. The Morgan fingerprint density at radius 1 is 1.40 bits per heavy atom. The normalized spacial score (nSPS) is 21.9. The van der Waals surface area contributed by atoms with Gasteiger partial charge in [-0.1, -0.05) is 31.2 Å². The smallest absolute Gasteiger partial charge is 0.101 e. The van der Waals surface area contributed by atoms with Crippen LogP contribution in [0.3, 0.4) is 0 Å². The van der Waals surface area contributed by atoms with Gasteiger partial charge in [0.05, 0.1) is 19.3 Å². The van der Waals surface area contributed by atoms with Gasteiger partial charge in [-0.15, -0.1) is 0 Å². The molecule has 0 aliphatic heterocycles. The quantitative estimate of drug-likeness (QED) is 0.652. The second-order valence-electron chi connectivity index (χ2n) is 3.65. The molecule has 1 unspecified atom stereocenters. The van der Waals surface area contributed by atoms with Gasteiger partial charge >= 0.3 is 0 Å². The van der Waals surface area contributed by atoms with E-state index in [1.54, 1.807) is 0 Å². The average Bonchev–Trinajstić information content (AvgIpc) is 2.28. The minimum atomic E-state index is -0.518. The van der Waals surface area contributed by atoms with Gasteiger partial charge in [-0.25, -0.2) is 0 Å². The fraction of sp³-hybridized carbons (Fsp3) is 0.667. The second-order valence-corrected chi connectivity index (χ2v) is 3.65. The minimum Gasteiger partial charge on any atom is -0.388 e. The highest BCUT2D eigenvalue weighted by atomic mass is 16.5. The fourth-order valence-corrected chi connectivity index (χ4v) is 1.33. The van der Waals surface area contributed by atoms with Crippen molar-refractivity contribution in [2.24, 2.45) is 0 Å². The van der Waals surface area contributed by atoms with Crippen LogP contribution in [0.2, 0.25) is 0 Å². The molecule has 0 aromatic rings.